The van der Waals surface area contributed by atoms with Crippen molar-refractivity contribution >= 4 is 33.8 Å². The third kappa shape index (κ3) is 9.42. The van der Waals surface area contributed by atoms with E-state index in [0.29, 0.717) is 18.2 Å². The molecule has 0 amide bonds. The Kier molecular flexibility index (Phi) is 10.4. The number of sulfonamides is 1. The van der Waals surface area contributed by atoms with Crippen LogP contribution < -0.4 is 15.5 Å². The van der Waals surface area contributed by atoms with E-state index >= 15 is 0 Å². The summed E-state index contributed by atoms with van der Waals surface area (Å²) in [6, 6.07) is 8.55. The number of ether oxygens (including phenoxy) is 1. The lowest BCUT2D eigenvalue weighted by molar-refractivity contribution is -0.138. The Morgan fingerprint density at radius 1 is 1.11 bits per heavy atom. The van der Waals surface area contributed by atoms with Crippen molar-refractivity contribution in [1.82, 2.24) is 19.6 Å². The van der Waals surface area contributed by atoms with Gasteiger partial charge < -0.3 is 20.3 Å². The van der Waals surface area contributed by atoms with Crippen molar-refractivity contribution in [1.29, 1.82) is 0 Å². The van der Waals surface area contributed by atoms with Crippen LogP contribution in [0.2, 0.25) is 0 Å². The normalized spacial score (nSPS) is 14.6. The smallest absolute Gasteiger partial charge is 0.293 e. The van der Waals surface area contributed by atoms with Gasteiger partial charge in [0, 0.05) is 39.4 Å². The summed E-state index contributed by atoms with van der Waals surface area (Å²) in [5.41, 5.74) is 0.449. The average Bonchev–Trinajstić information content (AvgIpc) is 2.80. The minimum atomic E-state index is -3.43. The van der Waals surface area contributed by atoms with Gasteiger partial charge >= 0.3 is 0 Å². The van der Waals surface area contributed by atoms with Crippen LogP contribution in [0.25, 0.3) is 0 Å². The van der Waals surface area contributed by atoms with Crippen molar-refractivity contribution in [3.05, 3.63) is 36.7 Å². The Morgan fingerprint density at radius 2 is 1.74 bits per heavy atom. The van der Waals surface area contributed by atoms with Crippen LogP contribution in [0.15, 0.2) is 41.6 Å². The molecule has 1 fully saturated rings. The molecule has 0 aliphatic carbocycles. The van der Waals surface area contributed by atoms with E-state index in [-0.39, 0.29) is 10.5 Å². The second-order valence-electron chi connectivity index (χ2n) is 9.60. The number of aromatic nitrogens is 2. The van der Waals surface area contributed by atoms with Crippen LogP contribution >= 0.6 is 0 Å². The summed E-state index contributed by atoms with van der Waals surface area (Å²) in [6.07, 6.45) is 3.91. The van der Waals surface area contributed by atoms with Crippen LogP contribution in [0.1, 0.15) is 33.6 Å². The first kappa shape index (κ1) is 28.5. The fraction of sp³-hybridized carbons (Fsp3) is 0.542. The van der Waals surface area contributed by atoms with Gasteiger partial charge in [-0.05, 0) is 76.9 Å². The van der Waals surface area contributed by atoms with E-state index in [2.05, 4.69) is 37.3 Å². The Morgan fingerprint density at radius 3 is 2.26 bits per heavy atom. The maximum Gasteiger partial charge on any atom is 0.293 e. The molecule has 0 spiro atoms. The predicted molar refractivity (Wildman–Crippen MR) is 138 cm³/mol. The first-order valence-corrected chi connectivity index (χ1v) is 13.0. The molecule has 10 nitrogen and oxygen atoms in total. The van der Waals surface area contributed by atoms with E-state index in [4.69, 9.17) is 0 Å². The summed E-state index contributed by atoms with van der Waals surface area (Å²) >= 11 is 0. The minimum Gasteiger partial charge on any atom is -0.462 e. The van der Waals surface area contributed by atoms with Crippen LogP contribution in [0.3, 0.4) is 0 Å². The Labute approximate surface area is 209 Å². The van der Waals surface area contributed by atoms with Crippen molar-refractivity contribution in [3.8, 4) is 0 Å². The standard InChI is InChI=1S/C19H28N6O2S.C5H10O2/c1-24(2)28(26,27)17-6-4-16(5-7-17)23-18-12-19(22-14-21-18)25(3)13-15-8-10-20-11-9-15;1-5(2,3)7-4-6/h4-7,12,14-15,20H,8-11,13H2,1-3H3,(H,21,22,23);4H,1-3H3. The molecule has 0 saturated carbocycles. The molecule has 1 saturated heterocycles. The second kappa shape index (κ2) is 12.8. The van der Waals surface area contributed by atoms with Crippen molar-refractivity contribution in [3.63, 3.8) is 0 Å². The number of anilines is 3. The number of carbonyl (C=O) groups is 1. The van der Waals surface area contributed by atoms with Crippen molar-refractivity contribution in [2.24, 2.45) is 5.92 Å². The molecule has 3 rings (SSSR count). The van der Waals surface area contributed by atoms with E-state index in [1.54, 1.807) is 30.6 Å². The zero-order valence-corrected chi connectivity index (χ0v) is 22.3. The Bertz CT molecular complexity index is 1030. The average molecular weight is 507 g/mol. The lowest BCUT2D eigenvalue weighted by Gasteiger charge is -2.28. The molecule has 11 heteroatoms. The number of piperidine rings is 1. The van der Waals surface area contributed by atoms with E-state index in [1.807, 2.05) is 26.8 Å². The lowest BCUT2D eigenvalue weighted by atomic mass is 9.98. The molecule has 194 valence electrons. The number of benzene rings is 1. The highest BCUT2D eigenvalue weighted by Crippen LogP contribution is 2.22. The van der Waals surface area contributed by atoms with Gasteiger partial charge in [-0.2, -0.15) is 0 Å². The maximum absolute atomic E-state index is 12.2. The number of hydrogen-bond acceptors (Lipinski definition) is 9. The molecule has 0 atom stereocenters. The largest absolute Gasteiger partial charge is 0.462 e. The van der Waals surface area contributed by atoms with Gasteiger partial charge in [0.1, 0.15) is 23.6 Å². The monoisotopic (exact) mass is 506 g/mol. The lowest BCUT2D eigenvalue weighted by Crippen LogP contribution is -2.34. The molecule has 2 aromatic rings. The van der Waals surface area contributed by atoms with Gasteiger partial charge in [-0.25, -0.2) is 22.7 Å². The van der Waals surface area contributed by atoms with Gasteiger partial charge in [0.15, 0.2) is 0 Å². The van der Waals surface area contributed by atoms with Crippen molar-refractivity contribution in [2.45, 2.75) is 44.1 Å². The number of hydrogen-bond donors (Lipinski definition) is 2. The molecular formula is C24H38N6O4S. The van der Waals surface area contributed by atoms with Crippen molar-refractivity contribution in [2.75, 3.05) is 51.0 Å². The highest BCUT2D eigenvalue weighted by atomic mass is 32.2. The zero-order valence-electron chi connectivity index (χ0n) is 21.5. The number of nitrogens with one attached hydrogen (secondary N) is 2. The molecule has 0 bridgehead atoms. The summed E-state index contributed by atoms with van der Waals surface area (Å²) in [5.74, 6) is 2.21. The molecule has 0 radical (unpaired) electrons. The summed E-state index contributed by atoms with van der Waals surface area (Å²) in [4.78, 5) is 20.7. The number of nitrogens with zero attached hydrogens (tertiary/aromatic N) is 4. The maximum atomic E-state index is 12.2. The summed E-state index contributed by atoms with van der Waals surface area (Å²) in [6.45, 7) is 9.04. The van der Waals surface area contributed by atoms with Gasteiger partial charge in [0.2, 0.25) is 10.0 Å². The van der Waals surface area contributed by atoms with Crippen molar-refractivity contribution < 1.29 is 17.9 Å². The molecule has 35 heavy (non-hydrogen) atoms. The SMILES string of the molecule is CC(C)(C)OC=O.CN(CC1CCNCC1)c1cc(Nc2ccc(S(=O)(=O)N(C)C)cc2)ncn1. The summed E-state index contributed by atoms with van der Waals surface area (Å²) in [7, 11) is 1.66. The van der Waals surface area contributed by atoms with E-state index in [0.717, 1.165) is 31.1 Å². The molecule has 0 unspecified atom stereocenters. The van der Waals surface area contributed by atoms with Gasteiger partial charge in [-0.15, -0.1) is 0 Å². The summed E-state index contributed by atoms with van der Waals surface area (Å²) < 4.78 is 30.1. The fourth-order valence-corrected chi connectivity index (χ4v) is 4.28. The van der Waals surface area contributed by atoms with E-state index < -0.39 is 10.0 Å². The third-order valence-electron chi connectivity index (χ3n) is 5.34. The van der Waals surface area contributed by atoms with E-state index in [9.17, 15) is 13.2 Å². The minimum absolute atomic E-state index is 0.258. The zero-order chi connectivity index (χ0) is 26.1. The van der Waals surface area contributed by atoms with Crippen LogP contribution in [0.4, 0.5) is 17.3 Å². The van der Waals surface area contributed by atoms with Crippen LogP contribution in [0.5, 0.6) is 0 Å². The Hall–Kier alpha value is -2.76. The van der Waals surface area contributed by atoms with Crippen LogP contribution in [0, 0.1) is 5.92 Å². The molecule has 2 heterocycles. The highest BCUT2D eigenvalue weighted by Gasteiger charge is 2.18. The van der Waals surface area contributed by atoms with Gasteiger partial charge in [0.05, 0.1) is 4.90 Å². The third-order valence-corrected chi connectivity index (χ3v) is 7.17. The van der Waals surface area contributed by atoms with Crippen LogP contribution in [-0.2, 0) is 19.6 Å². The second-order valence-corrected chi connectivity index (χ2v) is 11.8. The fourth-order valence-electron chi connectivity index (χ4n) is 3.38. The molecule has 1 aromatic carbocycles. The van der Waals surface area contributed by atoms with Gasteiger partial charge in [-0.3, -0.25) is 4.79 Å². The first-order valence-electron chi connectivity index (χ1n) is 11.6. The summed E-state index contributed by atoms with van der Waals surface area (Å²) in [5, 5.41) is 6.60. The molecule has 1 aliphatic rings. The topological polar surface area (TPSA) is 117 Å². The van der Waals surface area contributed by atoms with E-state index in [1.165, 1.54) is 31.2 Å². The molecule has 1 aliphatic heterocycles. The quantitative estimate of drug-likeness (QED) is 0.521. The first-order chi connectivity index (χ1) is 16.4. The number of rotatable bonds is 8. The van der Waals surface area contributed by atoms with Crippen LogP contribution in [-0.4, -0.2) is 75.5 Å². The molecule has 1 aromatic heterocycles. The predicted octanol–water partition coefficient (Wildman–Crippen LogP) is 2.86. The van der Waals surface area contributed by atoms with Gasteiger partial charge in [0.25, 0.3) is 6.47 Å². The number of carbonyl (C=O) groups excluding carboxylic acids is 1. The molecular weight excluding hydrogens is 468 g/mol. The Balaban J connectivity index is 0.000000540. The van der Waals surface area contributed by atoms with Gasteiger partial charge in [-0.1, -0.05) is 0 Å². The highest BCUT2D eigenvalue weighted by molar-refractivity contribution is 7.89. The molecule has 2 N–H and O–H groups in total.